The maximum absolute atomic E-state index is 12.1. The van der Waals surface area contributed by atoms with E-state index >= 15 is 0 Å². The smallest absolute Gasteiger partial charge is 0.251 e. The number of hydrogen-bond acceptors (Lipinski definition) is 6. The fraction of sp³-hybridized carbons (Fsp3) is 0.286. The molecule has 1 atom stereocenters. The predicted octanol–water partition coefficient (Wildman–Crippen LogP) is 0.771. The van der Waals surface area contributed by atoms with Crippen molar-refractivity contribution in [1.29, 1.82) is 0 Å². The van der Waals surface area contributed by atoms with E-state index in [2.05, 4.69) is 15.3 Å². The summed E-state index contributed by atoms with van der Waals surface area (Å²) in [6.07, 6.45) is 0.747. The Morgan fingerprint density at radius 1 is 1.24 bits per heavy atom. The number of para-hydroxylation sites is 2. The number of benzene rings is 1. The van der Waals surface area contributed by atoms with Crippen molar-refractivity contribution < 1.29 is 9.59 Å². The molecule has 1 aromatic carbocycles. The average molecular weight is 285 g/mol. The van der Waals surface area contributed by atoms with Crippen molar-refractivity contribution in [2.24, 2.45) is 0 Å². The fourth-order valence-corrected chi connectivity index (χ4v) is 2.33. The Balaban J connectivity index is 1.89. The quantitative estimate of drug-likeness (QED) is 0.790. The van der Waals surface area contributed by atoms with Crippen LogP contribution in [0.1, 0.15) is 12.8 Å². The first-order valence-electron chi connectivity index (χ1n) is 6.65. The van der Waals surface area contributed by atoms with E-state index in [0.717, 1.165) is 4.90 Å². The van der Waals surface area contributed by atoms with E-state index in [1.165, 1.54) is 7.05 Å². The molecule has 1 unspecified atom stereocenters. The number of amides is 2. The van der Waals surface area contributed by atoms with Crippen LogP contribution in [0.3, 0.4) is 0 Å². The summed E-state index contributed by atoms with van der Waals surface area (Å²) in [4.78, 5) is 33.3. The summed E-state index contributed by atoms with van der Waals surface area (Å²) in [6.45, 7) is 0. The van der Waals surface area contributed by atoms with Crippen LogP contribution >= 0.6 is 0 Å². The van der Waals surface area contributed by atoms with Gasteiger partial charge in [-0.1, -0.05) is 12.1 Å². The second-order valence-electron chi connectivity index (χ2n) is 4.97. The summed E-state index contributed by atoms with van der Waals surface area (Å²) in [5.74, 6) is 0.159. The number of anilines is 2. The molecule has 1 aromatic heterocycles. The van der Waals surface area contributed by atoms with Gasteiger partial charge in [-0.2, -0.15) is 0 Å². The SMILES string of the molecule is CN1C(=O)CCC(Nc2nc3ccccc3nc2N)C1=O. The van der Waals surface area contributed by atoms with Crippen molar-refractivity contribution in [3.8, 4) is 0 Å². The van der Waals surface area contributed by atoms with E-state index in [-0.39, 0.29) is 17.6 Å². The van der Waals surface area contributed by atoms with Crippen LogP contribution in [-0.2, 0) is 9.59 Å². The number of nitrogens with two attached hydrogens (primary N) is 1. The molecule has 0 spiro atoms. The number of imide groups is 1. The number of likely N-dealkylation sites (tertiary alicyclic amines) is 1. The molecule has 3 N–H and O–H groups in total. The molecule has 7 heteroatoms. The standard InChI is InChI=1S/C14H15N5O2/c1-19-11(20)7-6-10(14(19)21)18-13-12(15)16-8-4-2-3-5-9(8)17-13/h2-5,10H,6-7H2,1H3,(H2,15,16)(H,17,18). The number of carbonyl (C=O) groups excluding carboxylic acids is 2. The van der Waals surface area contributed by atoms with Crippen LogP contribution in [0.2, 0.25) is 0 Å². The van der Waals surface area contributed by atoms with E-state index in [1.54, 1.807) is 0 Å². The number of nitrogen functional groups attached to an aromatic ring is 1. The monoisotopic (exact) mass is 285 g/mol. The highest BCUT2D eigenvalue weighted by Crippen LogP contribution is 2.22. The van der Waals surface area contributed by atoms with Gasteiger partial charge in [-0.25, -0.2) is 9.97 Å². The van der Waals surface area contributed by atoms with Gasteiger partial charge in [0, 0.05) is 13.5 Å². The van der Waals surface area contributed by atoms with Crippen LogP contribution in [0.4, 0.5) is 11.6 Å². The Morgan fingerprint density at radius 2 is 1.90 bits per heavy atom. The highest BCUT2D eigenvalue weighted by molar-refractivity contribution is 6.01. The summed E-state index contributed by atoms with van der Waals surface area (Å²) in [5, 5.41) is 3.00. The van der Waals surface area contributed by atoms with E-state index < -0.39 is 6.04 Å². The van der Waals surface area contributed by atoms with Gasteiger partial charge in [0.2, 0.25) is 5.91 Å². The molecule has 0 bridgehead atoms. The number of aromatic nitrogens is 2. The molecule has 7 nitrogen and oxygen atoms in total. The fourth-order valence-electron chi connectivity index (χ4n) is 2.33. The number of piperidine rings is 1. The van der Waals surface area contributed by atoms with Crippen LogP contribution in [-0.4, -0.2) is 39.8 Å². The molecule has 2 heterocycles. The number of fused-ring (bicyclic) bond motifs is 1. The Hall–Kier alpha value is -2.70. The van der Waals surface area contributed by atoms with Crippen molar-refractivity contribution in [1.82, 2.24) is 14.9 Å². The van der Waals surface area contributed by atoms with Crippen LogP contribution < -0.4 is 11.1 Å². The van der Waals surface area contributed by atoms with Crippen LogP contribution in [0.5, 0.6) is 0 Å². The third kappa shape index (κ3) is 2.37. The summed E-state index contributed by atoms with van der Waals surface area (Å²) < 4.78 is 0. The molecular weight excluding hydrogens is 270 g/mol. The molecule has 2 aromatic rings. The maximum atomic E-state index is 12.1. The lowest BCUT2D eigenvalue weighted by atomic mass is 10.0. The summed E-state index contributed by atoms with van der Waals surface area (Å²) in [5.41, 5.74) is 7.28. The molecule has 2 amide bonds. The van der Waals surface area contributed by atoms with Gasteiger partial charge in [0.1, 0.15) is 6.04 Å². The van der Waals surface area contributed by atoms with Crippen molar-refractivity contribution >= 4 is 34.5 Å². The number of rotatable bonds is 2. The minimum atomic E-state index is -0.509. The zero-order chi connectivity index (χ0) is 15.0. The van der Waals surface area contributed by atoms with Gasteiger partial charge in [0.15, 0.2) is 11.6 Å². The normalized spacial score (nSPS) is 19.1. The number of likely N-dealkylation sites (N-methyl/N-ethyl adjacent to an activating group) is 1. The number of nitrogens with zero attached hydrogens (tertiary/aromatic N) is 3. The first-order valence-corrected chi connectivity index (χ1v) is 6.65. The third-order valence-corrected chi connectivity index (χ3v) is 3.56. The molecule has 1 aliphatic rings. The largest absolute Gasteiger partial charge is 0.381 e. The first-order chi connectivity index (χ1) is 10.1. The highest BCUT2D eigenvalue weighted by atomic mass is 16.2. The van der Waals surface area contributed by atoms with Crippen LogP contribution in [0, 0.1) is 0 Å². The molecule has 21 heavy (non-hydrogen) atoms. The van der Waals surface area contributed by atoms with Gasteiger partial charge < -0.3 is 11.1 Å². The molecule has 0 saturated carbocycles. The number of nitrogens with one attached hydrogen (secondary N) is 1. The molecule has 0 radical (unpaired) electrons. The van der Waals surface area contributed by atoms with Gasteiger partial charge in [-0.05, 0) is 18.6 Å². The zero-order valence-corrected chi connectivity index (χ0v) is 11.5. The Bertz CT molecular complexity index is 730. The van der Waals surface area contributed by atoms with Gasteiger partial charge in [0.05, 0.1) is 11.0 Å². The van der Waals surface area contributed by atoms with E-state index in [0.29, 0.717) is 29.7 Å². The Labute approximate surface area is 121 Å². The first kappa shape index (κ1) is 13.3. The van der Waals surface area contributed by atoms with Crippen molar-refractivity contribution in [3.05, 3.63) is 24.3 Å². The number of carbonyl (C=O) groups is 2. The average Bonchev–Trinajstić information content (AvgIpc) is 2.48. The Morgan fingerprint density at radius 3 is 2.62 bits per heavy atom. The van der Waals surface area contributed by atoms with E-state index in [9.17, 15) is 9.59 Å². The minimum Gasteiger partial charge on any atom is -0.381 e. The molecular formula is C14H15N5O2. The molecule has 0 aliphatic carbocycles. The summed E-state index contributed by atoms with van der Waals surface area (Å²) in [7, 11) is 1.48. The van der Waals surface area contributed by atoms with E-state index in [1.807, 2.05) is 24.3 Å². The summed E-state index contributed by atoms with van der Waals surface area (Å²) >= 11 is 0. The van der Waals surface area contributed by atoms with Crippen molar-refractivity contribution in [2.45, 2.75) is 18.9 Å². The topological polar surface area (TPSA) is 101 Å². The molecule has 108 valence electrons. The molecule has 3 rings (SSSR count). The van der Waals surface area contributed by atoms with Gasteiger partial charge in [-0.3, -0.25) is 14.5 Å². The van der Waals surface area contributed by atoms with E-state index in [4.69, 9.17) is 5.73 Å². The predicted molar refractivity (Wildman–Crippen MR) is 78.4 cm³/mol. The maximum Gasteiger partial charge on any atom is 0.251 e. The van der Waals surface area contributed by atoms with Gasteiger partial charge in [-0.15, -0.1) is 0 Å². The molecule has 1 saturated heterocycles. The highest BCUT2D eigenvalue weighted by Gasteiger charge is 2.32. The van der Waals surface area contributed by atoms with Crippen LogP contribution in [0.25, 0.3) is 11.0 Å². The van der Waals surface area contributed by atoms with Crippen molar-refractivity contribution in [3.63, 3.8) is 0 Å². The van der Waals surface area contributed by atoms with Gasteiger partial charge >= 0.3 is 0 Å². The lowest BCUT2D eigenvalue weighted by molar-refractivity contribution is -0.146. The summed E-state index contributed by atoms with van der Waals surface area (Å²) in [6, 6.07) is 6.85. The Kier molecular flexibility index (Phi) is 3.17. The lowest BCUT2D eigenvalue weighted by Gasteiger charge is -2.28. The second-order valence-corrected chi connectivity index (χ2v) is 4.97. The van der Waals surface area contributed by atoms with Crippen LogP contribution in [0.15, 0.2) is 24.3 Å². The minimum absolute atomic E-state index is 0.171. The second kappa shape index (κ2) is 5.01. The molecule has 1 aliphatic heterocycles. The lowest BCUT2D eigenvalue weighted by Crippen LogP contribution is -2.48. The zero-order valence-electron chi connectivity index (χ0n) is 11.5. The molecule has 1 fully saturated rings. The number of hydrogen-bond donors (Lipinski definition) is 2. The van der Waals surface area contributed by atoms with Gasteiger partial charge in [0.25, 0.3) is 5.91 Å². The van der Waals surface area contributed by atoms with Crippen molar-refractivity contribution in [2.75, 3.05) is 18.1 Å². The third-order valence-electron chi connectivity index (χ3n) is 3.56.